The molecular weight excluding hydrogens is 390 g/mol. The first kappa shape index (κ1) is 23.3. The Morgan fingerprint density at radius 1 is 1.17 bits per heavy atom. The molecule has 30 heavy (non-hydrogen) atoms. The number of pyridine rings is 1. The van der Waals surface area contributed by atoms with E-state index in [4.69, 9.17) is 5.11 Å². The predicted octanol–water partition coefficient (Wildman–Crippen LogP) is 3.32. The fourth-order valence-corrected chi connectivity index (χ4v) is 2.96. The number of aliphatic hydroxyl groups excluding tert-OH is 1. The lowest BCUT2D eigenvalue weighted by Gasteiger charge is -2.17. The number of halogens is 2. The van der Waals surface area contributed by atoms with Gasteiger partial charge in [0.1, 0.15) is 11.6 Å². The molecule has 0 aliphatic carbocycles. The number of carbonyl (C=O) groups is 1. The van der Waals surface area contributed by atoms with Crippen molar-refractivity contribution in [1.82, 2.24) is 14.9 Å². The second kappa shape index (κ2) is 12.5. The van der Waals surface area contributed by atoms with E-state index in [1.807, 2.05) is 10.7 Å². The minimum absolute atomic E-state index is 0.140. The highest BCUT2D eigenvalue weighted by Gasteiger charge is 2.13. The monoisotopic (exact) mass is 418 g/mol. The van der Waals surface area contributed by atoms with Crippen LogP contribution in [0, 0.1) is 18.6 Å². The minimum Gasteiger partial charge on any atom is -0.396 e. The predicted molar refractivity (Wildman–Crippen MR) is 114 cm³/mol. The second-order valence-electron chi connectivity index (χ2n) is 6.83. The van der Waals surface area contributed by atoms with Crippen LogP contribution in [0.25, 0.3) is 5.52 Å². The van der Waals surface area contributed by atoms with Gasteiger partial charge in [0, 0.05) is 44.2 Å². The van der Waals surface area contributed by atoms with Crippen molar-refractivity contribution in [2.75, 3.05) is 31.1 Å². The molecule has 0 bridgehead atoms. The molecule has 1 fully saturated rings. The fraction of sp³-hybridized carbons (Fsp3) is 0.364. The molecule has 0 radical (unpaired) electrons. The number of hydrogen-bond donors (Lipinski definition) is 2. The molecule has 162 valence electrons. The summed E-state index contributed by atoms with van der Waals surface area (Å²) in [5, 5.41) is 14.8. The number of aliphatic hydroxyl groups is 1. The van der Waals surface area contributed by atoms with Crippen LogP contribution < -0.4 is 10.2 Å². The van der Waals surface area contributed by atoms with Gasteiger partial charge in [0.25, 0.3) is 0 Å². The van der Waals surface area contributed by atoms with Gasteiger partial charge in [-0.15, -0.1) is 0 Å². The minimum atomic E-state index is -0.537. The Hall–Kier alpha value is -3.00. The third kappa shape index (κ3) is 7.44. The van der Waals surface area contributed by atoms with E-state index in [0.717, 1.165) is 6.07 Å². The van der Waals surface area contributed by atoms with Crippen LogP contribution >= 0.6 is 0 Å². The number of aromatic nitrogens is 2. The Labute approximate surface area is 175 Å². The van der Waals surface area contributed by atoms with Crippen LogP contribution in [0.4, 0.5) is 14.5 Å². The lowest BCUT2D eigenvalue weighted by molar-refractivity contribution is -0.109. The second-order valence-corrected chi connectivity index (χ2v) is 6.83. The molecular formula is C22H28F2N4O2. The third-order valence-corrected chi connectivity index (χ3v) is 4.52. The summed E-state index contributed by atoms with van der Waals surface area (Å²) in [6.07, 6.45) is 7.88. The number of fused-ring (bicyclic) bond motifs is 1. The number of benzene rings is 1. The smallest absolute Gasteiger partial charge is 0.207 e. The maximum absolute atomic E-state index is 11.9. The van der Waals surface area contributed by atoms with Crippen molar-refractivity contribution in [3.05, 3.63) is 66.0 Å². The van der Waals surface area contributed by atoms with Crippen molar-refractivity contribution in [3.63, 3.8) is 0 Å². The van der Waals surface area contributed by atoms with Gasteiger partial charge in [-0.2, -0.15) is 5.10 Å². The van der Waals surface area contributed by atoms with Gasteiger partial charge in [-0.05, 0) is 56.0 Å². The summed E-state index contributed by atoms with van der Waals surface area (Å²) < 4.78 is 25.8. The van der Waals surface area contributed by atoms with Gasteiger partial charge in [-0.25, -0.2) is 13.3 Å². The molecule has 1 saturated heterocycles. The normalized spacial score (nSPS) is 12.6. The summed E-state index contributed by atoms with van der Waals surface area (Å²) in [7, 11) is 0. The Morgan fingerprint density at radius 2 is 1.87 bits per heavy atom. The first-order chi connectivity index (χ1) is 14.5. The summed E-state index contributed by atoms with van der Waals surface area (Å²) in [6, 6.07) is 8.95. The van der Waals surface area contributed by atoms with Crippen LogP contribution in [0.3, 0.4) is 0 Å². The van der Waals surface area contributed by atoms with E-state index >= 15 is 0 Å². The number of nitrogens with zero attached hydrogens (tertiary/aromatic N) is 3. The Bertz CT molecular complexity index is 894. The summed E-state index contributed by atoms with van der Waals surface area (Å²) in [5.74, 6) is -1.07. The van der Waals surface area contributed by atoms with Crippen molar-refractivity contribution in [2.24, 2.45) is 0 Å². The third-order valence-electron chi connectivity index (χ3n) is 4.52. The fourth-order valence-electron chi connectivity index (χ4n) is 2.96. The average Bonchev–Trinajstić information content (AvgIpc) is 3.40. The Balaban J connectivity index is 0.000000182. The molecule has 2 aromatic heterocycles. The van der Waals surface area contributed by atoms with E-state index in [0.29, 0.717) is 19.4 Å². The van der Waals surface area contributed by atoms with Crippen LogP contribution in [0.1, 0.15) is 24.8 Å². The Kier molecular flexibility index (Phi) is 9.73. The summed E-state index contributed by atoms with van der Waals surface area (Å²) >= 11 is 0. The molecule has 1 aliphatic rings. The zero-order valence-electron chi connectivity index (χ0n) is 17.1. The number of carbonyl (C=O) groups excluding carboxylic acids is 1. The molecule has 0 atom stereocenters. The molecule has 1 aromatic carbocycles. The number of nitrogens with one attached hydrogen (secondary N) is 1. The first-order valence-electron chi connectivity index (χ1n) is 9.93. The average molecular weight is 418 g/mol. The lowest BCUT2D eigenvalue weighted by Crippen LogP contribution is -2.17. The van der Waals surface area contributed by atoms with Crippen LogP contribution in [0.5, 0.6) is 0 Å². The van der Waals surface area contributed by atoms with E-state index in [9.17, 15) is 13.6 Å². The number of anilines is 1. The summed E-state index contributed by atoms with van der Waals surface area (Å²) in [6.45, 7) is 5.21. The van der Waals surface area contributed by atoms with E-state index in [1.54, 1.807) is 0 Å². The number of rotatable bonds is 5. The van der Waals surface area contributed by atoms with Crippen molar-refractivity contribution < 1.29 is 18.7 Å². The van der Waals surface area contributed by atoms with Crippen LogP contribution in [0.15, 0.2) is 48.8 Å². The largest absolute Gasteiger partial charge is 0.396 e. The number of amides is 1. The summed E-state index contributed by atoms with van der Waals surface area (Å²) in [5.41, 5.74) is 3.80. The molecule has 0 unspecified atom stereocenters. The SMILES string of the molecule is Cc1cnn2ccc(N3CCCC3)cc12.Fc1cccc(F)c1.O=CNCCCO. The molecule has 6 nitrogen and oxygen atoms in total. The standard InChI is InChI=1S/C12H15N3.C6H4F2.C4H9NO2/c1-10-9-13-15-7-4-11(8-12(10)15)14-5-2-3-6-14;7-5-2-1-3-6(8)4-5;6-3-1-2-5-4-7/h4,7-9H,2-3,5-6H2,1H3;1-4H;4,6H,1-3H2,(H,5,7). The highest BCUT2D eigenvalue weighted by molar-refractivity contribution is 5.63. The lowest BCUT2D eigenvalue weighted by atomic mass is 10.2. The van der Waals surface area contributed by atoms with Crippen molar-refractivity contribution in [2.45, 2.75) is 26.2 Å². The molecule has 1 amide bonds. The van der Waals surface area contributed by atoms with Gasteiger partial charge >= 0.3 is 0 Å². The van der Waals surface area contributed by atoms with Gasteiger partial charge in [0.2, 0.25) is 6.41 Å². The number of hydrogen-bond acceptors (Lipinski definition) is 4. The van der Waals surface area contributed by atoms with Crippen molar-refractivity contribution in [3.8, 4) is 0 Å². The maximum atomic E-state index is 11.9. The zero-order chi connectivity index (χ0) is 21.8. The van der Waals surface area contributed by atoms with Gasteiger partial charge in [-0.3, -0.25) is 4.79 Å². The van der Waals surface area contributed by atoms with Crippen molar-refractivity contribution >= 4 is 17.6 Å². The maximum Gasteiger partial charge on any atom is 0.207 e. The van der Waals surface area contributed by atoms with E-state index < -0.39 is 11.6 Å². The molecule has 2 N–H and O–H groups in total. The van der Waals surface area contributed by atoms with Gasteiger partial charge < -0.3 is 15.3 Å². The van der Waals surface area contributed by atoms with E-state index in [2.05, 4.69) is 40.6 Å². The zero-order valence-corrected chi connectivity index (χ0v) is 17.1. The molecule has 1 aliphatic heterocycles. The molecule has 3 aromatic rings. The highest BCUT2D eigenvalue weighted by atomic mass is 19.1. The van der Waals surface area contributed by atoms with Crippen molar-refractivity contribution in [1.29, 1.82) is 0 Å². The van der Waals surface area contributed by atoms with E-state index in [1.165, 1.54) is 60.9 Å². The Morgan fingerprint density at radius 3 is 2.43 bits per heavy atom. The topological polar surface area (TPSA) is 69.9 Å². The highest BCUT2D eigenvalue weighted by Crippen LogP contribution is 2.22. The number of aryl methyl sites for hydroxylation is 1. The van der Waals surface area contributed by atoms with Crippen LogP contribution in [-0.4, -0.2) is 47.4 Å². The molecule has 0 saturated carbocycles. The van der Waals surface area contributed by atoms with Crippen LogP contribution in [0.2, 0.25) is 0 Å². The van der Waals surface area contributed by atoms with Gasteiger partial charge in [0.15, 0.2) is 0 Å². The van der Waals surface area contributed by atoms with Gasteiger partial charge in [0.05, 0.1) is 11.7 Å². The van der Waals surface area contributed by atoms with Crippen LogP contribution in [-0.2, 0) is 4.79 Å². The first-order valence-corrected chi connectivity index (χ1v) is 9.93. The van der Waals surface area contributed by atoms with E-state index in [-0.39, 0.29) is 6.61 Å². The molecule has 0 spiro atoms. The summed E-state index contributed by atoms with van der Waals surface area (Å²) in [4.78, 5) is 11.9. The molecule has 8 heteroatoms. The van der Waals surface area contributed by atoms with Gasteiger partial charge in [-0.1, -0.05) is 6.07 Å². The molecule has 3 heterocycles. The molecule has 4 rings (SSSR count). The quantitative estimate of drug-likeness (QED) is 0.493.